The van der Waals surface area contributed by atoms with Crippen molar-refractivity contribution in [1.29, 1.82) is 0 Å². The van der Waals surface area contributed by atoms with E-state index >= 15 is 0 Å². The van der Waals surface area contributed by atoms with Gasteiger partial charge in [-0.1, -0.05) is 6.07 Å². The number of nitrogens with zero attached hydrogens (tertiary/aromatic N) is 3. The van der Waals surface area contributed by atoms with Gasteiger partial charge in [-0.05, 0) is 12.1 Å². The van der Waals surface area contributed by atoms with Crippen molar-refractivity contribution in [2.24, 2.45) is 0 Å². The molecule has 0 amide bonds. The highest BCUT2D eigenvalue weighted by atomic mass is 19.1. The molecule has 8 heteroatoms. The summed E-state index contributed by atoms with van der Waals surface area (Å²) in [6, 6.07) is 3.54. The van der Waals surface area contributed by atoms with E-state index in [-0.39, 0.29) is 11.4 Å². The normalized spacial score (nSPS) is 10.3. The Morgan fingerprint density at radius 1 is 1.22 bits per heavy atom. The number of carboxylic acids is 2. The quantitative estimate of drug-likeness (QED) is 0.835. The summed E-state index contributed by atoms with van der Waals surface area (Å²) in [5.41, 5.74) is -1.13. The lowest BCUT2D eigenvalue weighted by Gasteiger charge is -2.04. The highest BCUT2D eigenvalue weighted by Gasteiger charge is 2.19. The van der Waals surface area contributed by atoms with Gasteiger partial charge in [-0.3, -0.25) is 0 Å². The molecule has 0 saturated carbocycles. The number of carboxylic acid groups (broad SMARTS) is 2. The topological polar surface area (TPSA) is 105 Å². The zero-order valence-corrected chi connectivity index (χ0v) is 8.74. The summed E-state index contributed by atoms with van der Waals surface area (Å²) in [7, 11) is 0. The number of rotatable bonds is 3. The van der Waals surface area contributed by atoms with Gasteiger partial charge in [0.25, 0.3) is 0 Å². The molecule has 0 aliphatic heterocycles. The van der Waals surface area contributed by atoms with E-state index < -0.39 is 23.3 Å². The summed E-state index contributed by atoms with van der Waals surface area (Å²) in [5.74, 6) is -3.75. The highest BCUT2D eigenvalue weighted by Crippen LogP contribution is 2.16. The third-order valence-corrected chi connectivity index (χ3v) is 2.13. The van der Waals surface area contributed by atoms with Gasteiger partial charge in [0.1, 0.15) is 17.1 Å². The van der Waals surface area contributed by atoms with Crippen LogP contribution in [0.25, 0.3) is 5.69 Å². The molecule has 2 aromatic rings. The van der Waals surface area contributed by atoms with Crippen LogP contribution in [0.5, 0.6) is 0 Å². The molecule has 0 bridgehead atoms. The first-order valence-corrected chi connectivity index (χ1v) is 4.68. The van der Waals surface area contributed by atoms with Crippen molar-refractivity contribution < 1.29 is 24.2 Å². The summed E-state index contributed by atoms with van der Waals surface area (Å²) in [6.07, 6.45) is 0.943. The summed E-state index contributed by atoms with van der Waals surface area (Å²) in [5, 5.41) is 24.7. The van der Waals surface area contributed by atoms with E-state index in [9.17, 15) is 14.0 Å². The largest absolute Gasteiger partial charge is 0.478 e. The van der Waals surface area contributed by atoms with E-state index in [1.807, 2.05) is 0 Å². The molecular formula is C10H6FN3O4. The fourth-order valence-electron chi connectivity index (χ4n) is 1.37. The SMILES string of the molecule is O=C(O)c1cnn(-c2cccc(F)c2C(=O)O)n1. The van der Waals surface area contributed by atoms with Crippen LogP contribution in [0.4, 0.5) is 4.39 Å². The van der Waals surface area contributed by atoms with E-state index in [4.69, 9.17) is 10.2 Å². The van der Waals surface area contributed by atoms with E-state index in [2.05, 4.69) is 10.2 Å². The first kappa shape index (κ1) is 11.7. The molecule has 0 radical (unpaired) electrons. The molecule has 0 fully saturated rings. The van der Waals surface area contributed by atoms with Crippen molar-refractivity contribution >= 4 is 11.9 Å². The van der Waals surface area contributed by atoms with Crippen molar-refractivity contribution in [3.8, 4) is 5.69 Å². The minimum atomic E-state index is -1.49. The van der Waals surface area contributed by atoms with Crippen LogP contribution >= 0.6 is 0 Å². The lowest BCUT2D eigenvalue weighted by Crippen LogP contribution is -2.11. The van der Waals surface area contributed by atoms with Crippen LogP contribution in [-0.2, 0) is 0 Å². The number of aromatic nitrogens is 3. The van der Waals surface area contributed by atoms with Gasteiger partial charge in [0.15, 0.2) is 5.69 Å². The molecule has 0 atom stereocenters. The molecule has 1 aromatic carbocycles. The molecule has 1 heterocycles. The van der Waals surface area contributed by atoms with Gasteiger partial charge in [-0.25, -0.2) is 14.0 Å². The smallest absolute Gasteiger partial charge is 0.358 e. The second kappa shape index (κ2) is 4.24. The molecule has 2 rings (SSSR count). The average molecular weight is 251 g/mol. The highest BCUT2D eigenvalue weighted by molar-refractivity contribution is 5.92. The third kappa shape index (κ3) is 1.90. The lowest BCUT2D eigenvalue weighted by atomic mass is 10.1. The van der Waals surface area contributed by atoms with Gasteiger partial charge in [-0.15, -0.1) is 9.90 Å². The number of hydrogen-bond acceptors (Lipinski definition) is 4. The Balaban J connectivity index is 2.59. The molecule has 2 N–H and O–H groups in total. The Labute approximate surface area is 99.1 Å². The van der Waals surface area contributed by atoms with Crippen LogP contribution in [0.3, 0.4) is 0 Å². The molecule has 0 aliphatic carbocycles. The van der Waals surface area contributed by atoms with Crippen LogP contribution < -0.4 is 0 Å². The van der Waals surface area contributed by atoms with E-state index in [1.165, 1.54) is 12.1 Å². The van der Waals surface area contributed by atoms with Gasteiger partial charge in [0.2, 0.25) is 0 Å². The van der Waals surface area contributed by atoms with Crippen molar-refractivity contribution in [2.75, 3.05) is 0 Å². The number of halogens is 1. The van der Waals surface area contributed by atoms with Gasteiger partial charge in [-0.2, -0.15) is 5.10 Å². The third-order valence-electron chi connectivity index (χ3n) is 2.13. The molecule has 92 valence electrons. The molecule has 1 aromatic heterocycles. The zero-order valence-electron chi connectivity index (χ0n) is 8.74. The summed E-state index contributed by atoms with van der Waals surface area (Å²) in [4.78, 5) is 22.3. The standard InChI is InChI=1S/C10H6FN3O4/c11-5-2-1-3-7(8(5)10(17)18)14-12-4-6(13-14)9(15)16/h1-4H,(H,15,16)(H,17,18). The zero-order chi connectivity index (χ0) is 13.3. The summed E-state index contributed by atoms with van der Waals surface area (Å²) in [6.45, 7) is 0. The molecule has 0 aliphatic rings. The van der Waals surface area contributed by atoms with E-state index in [0.29, 0.717) is 0 Å². The van der Waals surface area contributed by atoms with E-state index in [1.54, 1.807) is 0 Å². The molecule has 0 unspecified atom stereocenters. The number of carbonyl (C=O) groups is 2. The fourth-order valence-corrected chi connectivity index (χ4v) is 1.37. The Morgan fingerprint density at radius 3 is 2.50 bits per heavy atom. The van der Waals surface area contributed by atoms with Crippen LogP contribution in [0.1, 0.15) is 20.8 Å². The predicted molar refractivity (Wildman–Crippen MR) is 55.2 cm³/mol. The van der Waals surface area contributed by atoms with Crippen molar-refractivity contribution in [1.82, 2.24) is 15.0 Å². The Kier molecular flexibility index (Phi) is 2.76. The molecular weight excluding hydrogens is 245 g/mol. The number of benzene rings is 1. The molecule has 0 saturated heterocycles. The summed E-state index contributed by atoms with van der Waals surface area (Å²) < 4.78 is 13.4. The summed E-state index contributed by atoms with van der Waals surface area (Å²) >= 11 is 0. The molecule has 18 heavy (non-hydrogen) atoms. The fraction of sp³-hybridized carbons (Fsp3) is 0. The second-order valence-electron chi connectivity index (χ2n) is 3.26. The van der Waals surface area contributed by atoms with Crippen molar-refractivity contribution in [3.05, 3.63) is 41.5 Å². The van der Waals surface area contributed by atoms with Crippen molar-refractivity contribution in [3.63, 3.8) is 0 Å². The van der Waals surface area contributed by atoms with Crippen LogP contribution in [0.2, 0.25) is 0 Å². The van der Waals surface area contributed by atoms with Crippen molar-refractivity contribution in [2.45, 2.75) is 0 Å². The first-order valence-electron chi connectivity index (χ1n) is 4.68. The average Bonchev–Trinajstić information content (AvgIpc) is 2.77. The maximum atomic E-state index is 13.4. The second-order valence-corrected chi connectivity index (χ2v) is 3.26. The Bertz CT molecular complexity index is 638. The predicted octanol–water partition coefficient (Wildman–Crippen LogP) is 0.803. The van der Waals surface area contributed by atoms with Gasteiger partial charge < -0.3 is 10.2 Å². The van der Waals surface area contributed by atoms with E-state index in [0.717, 1.165) is 17.1 Å². The van der Waals surface area contributed by atoms with Gasteiger partial charge in [0, 0.05) is 0 Å². The van der Waals surface area contributed by atoms with Crippen LogP contribution in [-0.4, -0.2) is 37.1 Å². The Morgan fingerprint density at radius 2 is 1.94 bits per heavy atom. The maximum absolute atomic E-state index is 13.4. The van der Waals surface area contributed by atoms with Crippen LogP contribution in [0, 0.1) is 5.82 Å². The number of hydrogen-bond donors (Lipinski definition) is 2. The maximum Gasteiger partial charge on any atom is 0.358 e. The molecule has 0 spiro atoms. The van der Waals surface area contributed by atoms with Gasteiger partial charge >= 0.3 is 11.9 Å². The number of aromatic carboxylic acids is 2. The van der Waals surface area contributed by atoms with Crippen LogP contribution in [0.15, 0.2) is 24.4 Å². The monoisotopic (exact) mass is 251 g/mol. The lowest BCUT2D eigenvalue weighted by molar-refractivity contribution is 0.0682. The molecule has 7 nitrogen and oxygen atoms in total. The Hall–Kier alpha value is -2.77. The first-order chi connectivity index (χ1) is 8.50. The minimum absolute atomic E-state index is 0.144. The van der Waals surface area contributed by atoms with Gasteiger partial charge in [0.05, 0.1) is 6.20 Å². The minimum Gasteiger partial charge on any atom is -0.478 e.